The molecule has 0 radical (unpaired) electrons. The normalized spacial score (nSPS) is 17.5. The van der Waals surface area contributed by atoms with Crippen molar-refractivity contribution in [1.82, 2.24) is 0 Å². The largest absolute Gasteiger partial charge is 0.466 e. The topological polar surface area (TPSA) is 167 Å². The quantitative estimate of drug-likeness (QED) is 0.0782. The van der Waals surface area contributed by atoms with Crippen LogP contribution in [0.4, 0.5) is 0 Å². The van der Waals surface area contributed by atoms with Crippen molar-refractivity contribution >= 4 is 35.8 Å². The van der Waals surface area contributed by atoms with Crippen molar-refractivity contribution in [2.24, 2.45) is 0 Å². The second-order valence-electron chi connectivity index (χ2n) is 10.3. The van der Waals surface area contributed by atoms with Gasteiger partial charge in [-0.2, -0.15) is 0 Å². The predicted octanol–water partition coefficient (Wildman–Crippen LogP) is 3.80. The molecule has 1 saturated heterocycles. The first-order chi connectivity index (χ1) is 20.9. The molecule has 0 spiro atoms. The Balaban J connectivity index is 2.59. The molecule has 1 heterocycles. The van der Waals surface area contributed by atoms with Gasteiger partial charge in [-0.25, -0.2) is 9.59 Å². The highest BCUT2D eigenvalue weighted by Crippen LogP contribution is 2.23. The highest BCUT2D eigenvalue weighted by atomic mass is 16.7. The molecule has 0 saturated carbocycles. The van der Waals surface area contributed by atoms with Crippen LogP contribution < -0.4 is 0 Å². The number of ether oxygens (including phenoxy) is 7. The minimum absolute atomic E-state index is 0.0264. The number of carbonyl (C=O) groups excluding carboxylic acids is 6. The molecule has 0 bridgehead atoms. The summed E-state index contributed by atoms with van der Waals surface area (Å²) in [5, 5.41) is 0. The Bertz CT molecular complexity index is 1000. The first-order valence-corrected chi connectivity index (χ1v) is 14.9. The maximum Gasteiger partial charge on any atom is 0.333 e. The standard InChI is InChI=1S/C31H46O13/c1-6-25(32)38-16-10-7-15-28(35)44-29-19-23(42-26(33)13-8-11-17-39-30(36)21(2)3)24(20-41-29)43-27(34)14-9-12-18-40-31(37)22(4)5/h23-24,29H,2,4,6-20H2,1,3,5H3/t23-,24+,29?/m0/s1. The fraction of sp³-hybridized carbons (Fsp3) is 0.677. The minimum atomic E-state index is -1.02. The SMILES string of the molecule is C=C(C)C(=O)OCCCCC(=O)O[C@H]1CC(OC(=O)CCCCOC(=O)CC)OC[C@H]1OC(=O)CCCCOC(=O)C(=C)C. The summed E-state index contributed by atoms with van der Waals surface area (Å²) in [6, 6.07) is 0. The molecule has 1 fully saturated rings. The Morgan fingerprint density at radius 1 is 0.614 bits per heavy atom. The molecular formula is C31H46O13. The molecule has 1 rings (SSSR count). The number of hydrogen-bond donors (Lipinski definition) is 0. The third kappa shape index (κ3) is 17.4. The molecule has 3 atom stereocenters. The molecule has 1 aliphatic rings. The average molecular weight is 627 g/mol. The maximum absolute atomic E-state index is 12.6. The summed E-state index contributed by atoms with van der Waals surface area (Å²) in [4.78, 5) is 71.5. The van der Waals surface area contributed by atoms with Gasteiger partial charge in [-0.1, -0.05) is 20.1 Å². The lowest BCUT2D eigenvalue weighted by atomic mass is 10.1. The zero-order valence-corrected chi connectivity index (χ0v) is 26.1. The molecule has 0 aliphatic carbocycles. The fourth-order valence-electron chi connectivity index (χ4n) is 3.67. The van der Waals surface area contributed by atoms with Gasteiger partial charge in [0.1, 0.15) is 6.10 Å². The molecule has 0 aromatic heterocycles. The van der Waals surface area contributed by atoms with Gasteiger partial charge in [0.05, 0.1) is 32.8 Å². The molecule has 0 aromatic carbocycles. The predicted molar refractivity (Wildman–Crippen MR) is 155 cm³/mol. The monoisotopic (exact) mass is 626 g/mol. The zero-order chi connectivity index (χ0) is 32.9. The Morgan fingerprint density at radius 3 is 1.50 bits per heavy atom. The average Bonchev–Trinajstić information content (AvgIpc) is 2.97. The summed E-state index contributed by atoms with van der Waals surface area (Å²) in [6.45, 7) is 12.1. The van der Waals surface area contributed by atoms with Crippen molar-refractivity contribution in [3.63, 3.8) is 0 Å². The zero-order valence-electron chi connectivity index (χ0n) is 26.1. The molecule has 248 valence electrons. The molecule has 1 unspecified atom stereocenters. The van der Waals surface area contributed by atoms with Crippen LogP contribution in [0, 0.1) is 0 Å². The first kappa shape index (κ1) is 38.3. The summed E-state index contributed by atoms with van der Waals surface area (Å²) in [7, 11) is 0. The molecule has 1 aliphatic heterocycles. The van der Waals surface area contributed by atoms with E-state index in [2.05, 4.69) is 13.2 Å². The molecule has 13 heteroatoms. The lowest BCUT2D eigenvalue weighted by Crippen LogP contribution is -2.47. The Labute approximate surface area is 258 Å². The van der Waals surface area contributed by atoms with E-state index in [9.17, 15) is 28.8 Å². The number of carbonyl (C=O) groups is 6. The summed E-state index contributed by atoms with van der Waals surface area (Å²) < 4.78 is 37.1. The smallest absolute Gasteiger partial charge is 0.333 e. The van der Waals surface area contributed by atoms with Gasteiger partial charge in [-0.15, -0.1) is 0 Å². The van der Waals surface area contributed by atoms with Crippen LogP contribution in [0.1, 0.15) is 91.4 Å². The van der Waals surface area contributed by atoms with E-state index >= 15 is 0 Å². The summed E-state index contributed by atoms with van der Waals surface area (Å²) in [6.07, 6.45) is 0.0919. The second kappa shape index (κ2) is 21.9. The van der Waals surface area contributed by atoms with E-state index in [1.54, 1.807) is 6.92 Å². The molecule has 44 heavy (non-hydrogen) atoms. The maximum atomic E-state index is 12.6. The van der Waals surface area contributed by atoms with E-state index in [-0.39, 0.29) is 75.6 Å². The number of hydrogen-bond acceptors (Lipinski definition) is 13. The van der Waals surface area contributed by atoms with E-state index in [1.165, 1.54) is 13.8 Å². The molecule has 0 aromatic rings. The minimum Gasteiger partial charge on any atom is -0.466 e. The highest BCUT2D eigenvalue weighted by Gasteiger charge is 2.38. The van der Waals surface area contributed by atoms with Gasteiger partial charge in [-0.3, -0.25) is 19.2 Å². The van der Waals surface area contributed by atoms with Crippen molar-refractivity contribution in [3.8, 4) is 0 Å². The van der Waals surface area contributed by atoms with Crippen LogP contribution in [0.15, 0.2) is 24.3 Å². The Morgan fingerprint density at radius 2 is 1.05 bits per heavy atom. The van der Waals surface area contributed by atoms with Crippen molar-refractivity contribution < 1.29 is 61.9 Å². The van der Waals surface area contributed by atoms with Crippen LogP contribution in [0.2, 0.25) is 0 Å². The van der Waals surface area contributed by atoms with Crippen LogP contribution in [0.3, 0.4) is 0 Å². The van der Waals surface area contributed by atoms with Crippen LogP contribution in [0.5, 0.6) is 0 Å². The van der Waals surface area contributed by atoms with Crippen molar-refractivity contribution in [1.29, 1.82) is 0 Å². The number of esters is 6. The summed E-state index contributed by atoms with van der Waals surface area (Å²) in [5.74, 6) is -2.96. The summed E-state index contributed by atoms with van der Waals surface area (Å²) in [5.41, 5.74) is 0.565. The number of rotatable bonds is 21. The Hall–Kier alpha value is -3.74. The van der Waals surface area contributed by atoms with Gasteiger partial charge in [0.25, 0.3) is 0 Å². The molecule has 13 nitrogen and oxygen atoms in total. The van der Waals surface area contributed by atoms with Gasteiger partial charge in [-0.05, 0) is 52.4 Å². The van der Waals surface area contributed by atoms with Gasteiger partial charge in [0.2, 0.25) is 6.29 Å². The van der Waals surface area contributed by atoms with Gasteiger partial charge >= 0.3 is 35.8 Å². The van der Waals surface area contributed by atoms with Crippen LogP contribution in [0.25, 0.3) is 0 Å². The molecule has 0 amide bonds. The number of unbranched alkanes of at least 4 members (excludes halogenated alkanes) is 3. The van der Waals surface area contributed by atoms with Gasteiger partial charge in [0, 0.05) is 36.8 Å². The van der Waals surface area contributed by atoms with Crippen molar-refractivity contribution in [2.75, 3.05) is 26.4 Å². The lowest BCUT2D eigenvalue weighted by molar-refractivity contribution is -0.230. The van der Waals surface area contributed by atoms with Gasteiger partial charge in [0.15, 0.2) is 6.10 Å². The second-order valence-corrected chi connectivity index (χ2v) is 10.3. The van der Waals surface area contributed by atoms with E-state index in [4.69, 9.17) is 33.2 Å². The van der Waals surface area contributed by atoms with E-state index in [0.29, 0.717) is 38.5 Å². The van der Waals surface area contributed by atoms with Crippen LogP contribution in [-0.2, 0) is 61.9 Å². The summed E-state index contributed by atoms with van der Waals surface area (Å²) >= 11 is 0. The highest BCUT2D eigenvalue weighted by molar-refractivity contribution is 5.87. The van der Waals surface area contributed by atoms with E-state index in [0.717, 1.165) is 0 Å². The lowest BCUT2D eigenvalue weighted by Gasteiger charge is -2.34. The first-order valence-electron chi connectivity index (χ1n) is 14.9. The van der Waals surface area contributed by atoms with Crippen molar-refractivity contribution in [2.45, 2.75) is 110 Å². The van der Waals surface area contributed by atoms with E-state index < -0.39 is 48.3 Å². The molecular weight excluding hydrogens is 580 g/mol. The Kier molecular flexibility index (Phi) is 19.0. The van der Waals surface area contributed by atoms with Gasteiger partial charge < -0.3 is 33.2 Å². The third-order valence-corrected chi connectivity index (χ3v) is 6.16. The fourth-order valence-corrected chi connectivity index (χ4v) is 3.67. The van der Waals surface area contributed by atoms with Crippen molar-refractivity contribution in [3.05, 3.63) is 24.3 Å². The van der Waals surface area contributed by atoms with Crippen LogP contribution in [-0.4, -0.2) is 80.7 Å². The van der Waals surface area contributed by atoms with E-state index in [1.807, 2.05) is 0 Å². The van der Waals surface area contributed by atoms with Crippen LogP contribution >= 0.6 is 0 Å². The third-order valence-electron chi connectivity index (χ3n) is 6.16. The molecule has 0 N–H and O–H groups in total.